The summed E-state index contributed by atoms with van der Waals surface area (Å²) in [6.45, 7) is 2.40. The van der Waals surface area contributed by atoms with Crippen LogP contribution in [0.4, 0.5) is 4.79 Å². The van der Waals surface area contributed by atoms with E-state index in [9.17, 15) is 14.4 Å². The van der Waals surface area contributed by atoms with Crippen molar-refractivity contribution in [2.24, 2.45) is 11.5 Å². The lowest BCUT2D eigenvalue weighted by Gasteiger charge is -2.07. The van der Waals surface area contributed by atoms with E-state index in [0.717, 1.165) is 11.2 Å². The molecule has 0 spiro atoms. The Hall–Kier alpha value is -2.36. The van der Waals surface area contributed by atoms with Crippen molar-refractivity contribution in [3.8, 4) is 0 Å². The first-order valence-electron chi connectivity index (χ1n) is 6.57. The number of primary amides is 1. The monoisotopic (exact) mass is 297 g/mol. The quantitative estimate of drug-likeness (QED) is 0.518. The van der Waals surface area contributed by atoms with Crippen molar-refractivity contribution in [3.63, 3.8) is 0 Å². The van der Waals surface area contributed by atoms with Gasteiger partial charge in [0.15, 0.2) is 11.6 Å². The zero-order chi connectivity index (χ0) is 15.8. The van der Waals surface area contributed by atoms with Crippen LogP contribution in [-0.2, 0) is 16.0 Å². The maximum atomic E-state index is 11.8. The molecule has 0 bridgehead atoms. The number of amides is 2. The number of hydrogen-bond donors (Lipinski definition) is 3. The third-order valence-corrected chi connectivity index (χ3v) is 2.61. The van der Waals surface area contributed by atoms with Crippen molar-refractivity contribution in [1.29, 1.82) is 0 Å². The van der Waals surface area contributed by atoms with E-state index < -0.39 is 18.0 Å². The summed E-state index contributed by atoms with van der Waals surface area (Å²) in [5, 5.41) is 13.5. The predicted octanol–water partition coefficient (Wildman–Crippen LogP) is -1.65. The van der Waals surface area contributed by atoms with Crippen LogP contribution in [0.2, 0.25) is 0 Å². The summed E-state index contributed by atoms with van der Waals surface area (Å²) >= 11 is 0. The molecule has 0 unspecified atom stereocenters. The molecule has 116 valence electrons. The molecule has 10 heteroatoms. The molecule has 0 saturated heterocycles. The molecule has 0 radical (unpaired) electrons. The predicted molar refractivity (Wildman–Crippen MR) is 72.0 cm³/mol. The van der Waals surface area contributed by atoms with Crippen molar-refractivity contribution in [2.75, 3.05) is 6.54 Å². The van der Waals surface area contributed by atoms with Crippen molar-refractivity contribution in [1.82, 2.24) is 25.5 Å². The Balaban J connectivity index is 2.51. The fourth-order valence-corrected chi connectivity index (χ4v) is 1.45. The van der Waals surface area contributed by atoms with Crippen LogP contribution in [-0.4, -0.2) is 50.5 Å². The lowest BCUT2D eigenvalue weighted by atomic mass is 10.1. The highest BCUT2D eigenvalue weighted by Crippen LogP contribution is 1.99. The zero-order valence-corrected chi connectivity index (χ0v) is 11.8. The fourth-order valence-electron chi connectivity index (χ4n) is 1.45. The molecule has 5 N–H and O–H groups in total. The molecule has 10 nitrogen and oxygen atoms in total. The van der Waals surface area contributed by atoms with Crippen molar-refractivity contribution in [2.45, 2.75) is 38.6 Å². The molecule has 1 heterocycles. The third kappa shape index (κ3) is 5.65. The molecule has 0 aliphatic heterocycles. The van der Waals surface area contributed by atoms with Crippen LogP contribution >= 0.6 is 0 Å². The van der Waals surface area contributed by atoms with Gasteiger partial charge in [0.1, 0.15) is 0 Å². The normalized spacial score (nSPS) is 11.9. The summed E-state index contributed by atoms with van der Waals surface area (Å²) in [7, 11) is 0. The van der Waals surface area contributed by atoms with Gasteiger partial charge in [-0.3, -0.25) is 9.59 Å². The Morgan fingerprint density at radius 1 is 1.38 bits per heavy atom. The van der Waals surface area contributed by atoms with Gasteiger partial charge in [0.2, 0.25) is 5.91 Å². The number of tetrazole rings is 1. The molecule has 1 atom stereocenters. The van der Waals surface area contributed by atoms with Crippen molar-refractivity contribution in [3.05, 3.63) is 5.82 Å². The van der Waals surface area contributed by atoms with E-state index in [-0.39, 0.29) is 30.9 Å². The highest BCUT2D eigenvalue weighted by molar-refractivity contribution is 5.86. The van der Waals surface area contributed by atoms with Gasteiger partial charge in [-0.2, -0.15) is 0 Å². The topological polar surface area (TPSA) is 159 Å². The minimum Gasteiger partial charge on any atom is -0.370 e. The number of nitrogens with two attached hydrogens (primary N) is 2. The molecule has 1 aromatic heterocycles. The zero-order valence-electron chi connectivity index (χ0n) is 11.8. The third-order valence-electron chi connectivity index (χ3n) is 2.61. The SMILES string of the molecule is CCCNC(=O)n1nnc(CC(=O)[C@@H](N)CCC(N)=O)n1. The number of aromatic nitrogens is 4. The number of carbonyl (C=O) groups excluding carboxylic acids is 3. The number of Topliss-reactive ketones (excluding diaryl/α,β-unsaturated/α-hetero) is 1. The van der Waals surface area contributed by atoms with Gasteiger partial charge in [0, 0.05) is 13.0 Å². The van der Waals surface area contributed by atoms with Crippen LogP contribution in [0.15, 0.2) is 0 Å². The Morgan fingerprint density at radius 3 is 2.71 bits per heavy atom. The molecule has 0 fully saturated rings. The lowest BCUT2D eigenvalue weighted by Crippen LogP contribution is -2.33. The second kappa shape index (κ2) is 8.04. The van der Waals surface area contributed by atoms with E-state index in [4.69, 9.17) is 11.5 Å². The molecule has 21 heavy (non-hydrogen) atoms. The summed E-state index contributed by atoms with van der Waals surface area (Å²) in [4.78, 5) is 34.7. The van der Waals surface area contributed by atoms with Crippen molar-refractivity contribution >= 4 is 17.7 Å². The van der Waals surface area contributed by atoms with Gasteiger partial charge < -0.3 is 16.8 Å². The molecule has 1 rings (SSSR count). The first-order valence-corrected chi connectivity index (χ1v) is 6.57. The van der Waals surface area contributed by atoms with E-state index in [0.29, 0.717) is 6.54 Å². The summed E-state index contributed by atoms with van der Waals surface area (Å²) in [6.07, 6.45) is 0.827. The molecule has 0 aromatic carbocycles. The van der Waals surface area contributed by atoms with E-state index in [1.54, 1.807) is 0 Å². The summed E-state index contributed by atoms with van der Waals surface area (Å²) in [5.74, 6) is -0.763. The Labute approximate surface area is 121 Å². The Kier molecular flexibility index (Phi) is 6.40. The highest BCUT2D eigenvalue weighted by Gasteiger charge is 2.18. The van der Waals surface area contributed by atoms with E-state index in [1.807, 2.05) is 6.92 Å². The van der Waals surface area contributed by atoms with Gasteiger partial charge in [-0.25, -0.2) is 4.79 Å². The summed E-state index contributed by atoms with van der Waals surface area (Å²) in [5.41, 5.74) is 10.6. The van der Waals surface area contributed by atoms with Crippen LogP contribution in [0.1, 0.15) is 32.0 Å². The van der Waals surface area contributed by atoms with Gasteiger partial charge in [-0.05, 0) is 18.1 Å². The first-order chi connectivity index (χ1) is 9.93. The van der Waals surface area contributed by atoms with Gasteiger partial charge in [0.05, 0.1) is 12.5 Å². The Morgan fingerprint density at radius 2 is 2.10 bits per heavy atom. The maximum Gasteiger partial charge on any atom is 0.360 e. The van der Waals surface area contributed by atoms with Gasteiger partial charge in [0.25, 0.3) is 0 Å². The van der Waals surface area contributed by atoms with Gasteiger partial charge in [-0.15, -0.1) is 10.2 Å². The number of nitrogens with one attached hydrogen (secondary N) is 1. The number of nitrogens with zero attached hydrogens (tertiary/aromatic N) is 4. The number of hydrogen-bond acceptors (Lipinski definition) is 7. The summed E-state index contributed by atoms with van der Waals surface area (Å²) < 4.78 is 0. The molecular formula is C11H19N7O3. The van der Waals surface area contributed by atoms with E-state index in [1.165, 1.54) is 0 Å². The molecule has 1 aromatic rings. The average molecular weight is 297 g/mol. The smallest absolute Gasteiger partial charge is 0.360 e. The molecule has 0 aliphatic rings. The second-order valence-corrected chi connectivity index (χ2v) is 4.48. The molecular weight excluding hydrogens is 278 g/mol. The standard InChI is InChI=1S/C11H19N7O3/c1-2-5-14-11(21)18-16-10(15-17-18)6-8(19)7(12)3-4-9(13)20/h7H,2-6,12H2,1H3,(H2,13,20)(H,14,21)/t7-/m0/s1. The molecule has 0 saturated carbocycles. The van der Waals surface area contributed by atoms with Crippen LogP contribution < -0.4 is 16.8 Å². The van der Waals surface area contributed by atoms with Crippen LogP contribution in [0.5, 0.6) is 0 Å². The largest absolute Gasteiger partial charge is 0.370 e. The minimum absolute atomic E-state index is 0.0342. The average Bonchev–Trinajstić information content (AvgIpc) is 2.90. The fraction of sp³-hybridized carbons (Fsp3) is 0.636. The lowest BCUT2D eigenvalue weighted by molar-refractivity contribution is -0.120. The van der Waals surface area contributed by atoms with Crippen LogP contribution in [0.3, 0.4) is 0 Å². The highest BCUT2D eigenvalue weighted by atomic mass is 16.2. The number of rotatable bonds is 8. The first kappa shape index (κ1) is 16.7. The van der Waals surface area contributed by atoms with E-state index >= 15 is 0 Å². The van der Waals surface area contributed by atoms with Crippen molar-refractivity contribution < 1.29 is 14.4 Å². The second-order valence-electron chi connectivity index (χ2n) is 4.48. The Bertz CT molecular complexity index is 514. The molecule has 0 aliphatic carbocycles. The number of carbonyl (C=O) groups is 3. The van der Waals surface area contributed by atoms with Gasteiger partial charge in [-0.1, -0.05) is 11.7 Å². The number of ketones is 1. The summed E-state index contributed by atoms with van der Waals surface area (Å²) in [6, 6.07) is -1.33. The van der Waals surface area contributed by atoms with Gasteiger partial charge >= 0.3 is 6.03 Å². The molecule has 2 amide bonds. The van der Waals surface area contributed by atoms with Crippen LogP contribution in [0, 0.1) is 0 Å². The minimum atomic E-state index is -0.821. The van der Waals surface area contributed by atoms with E-state index in [2.05, 4.69) is 20.7 Å². The van der Waals surface area contributed by atoms with Crippen LogP contribution in [0.25, 0.3) is 0 Å². The maximum absolute atomic E-state index is 11.8.